The fourth-order valence-electron chi connectivity index (χ4n) is 2.33. The molecule has 0 amide bonds. The van der Waals surface area contributed by atoms with Gasteiger partial charge in [0.1, 0.15) is 5.75 Å². The highest BCUT2D eigenvalue weighted by Gasteiger charge is 2.20. The Hall–Kier alpha value is -1.83. The first-order valence-corrected chi connectivity index (χ1v) is 6.97. The molecule has 2 rings (SSSR count). The zero-order valence-electron chi connectivity index (χ0n) is 12.7. The lowest BCUT2D eigenvalue weighted by Crippen LogP contribution is -2.06. The predicted molar refractivity (Wildman–Crippen MR) is 82.2 cm³/mol. The second-order valence-corrected chi connectivity index (χ2v) is 6.25. The van der Waals surface area contributed by atoms with E-state index >= 15 is 0 Å². The Morgan fingerprint density at radius 2 is 2.05 bits per heavy atom. The molecule has 0 saturated carbocycles. The molecule has 1 aliphatic rings. The van der Waals surface area contributed by atoms with E-state index in [4.69, 9.17) is 4.74 Å². The number of benzene rings is 1. The van der Waals surface area contributed by atoms with E-state index in [0.29, 0.717) is 6.42 Å². The molecule has 0 fully saturated rings. The van der Waals surface area contributed by atoms with Crippen LogP contribution in [0.5, 0.6) is 5.75 Å². The molecule has 0 heterocycles. The first-order chi connectivity index (χ1) is 9.40. The standard InChI is InChI=1S/C18H22O2/c1-18(2,3)15-9-8-13(10-15)11-17(19)14-6-5-7-16(12-14)20-4/h5-7,9-10,12H,8,11H2,1-4H3. The molecule has 2 heteroatoms. The summed E-state index contributed by atoms with van der Waals surface area (Å²) in [5.41, 5.74) is 3.39. The number of Topliss-reactive ketones (excluding diaryl/α,β-unsaturated/α-hetero) is 1. The molecule has 20 heavy (non-hydrogen) atoms. The number of carbonyl (C=O) groups excluding carboxylic acids is 1. The van der Waals surface area contributed by atoms with Crippen LogP contribution in [0.2, 0.25) is 0 Å². The van der Waals surface area contributed by atoms with Crippen LogP contribution in [0, 0.1) is 5.41 Å². The largest absolute Gasteiger partial charge is 0.497 e. The van der Waals surface area contributed by atoms with E-state index in [1.54, 1.807) is 13.2 Å². The summed E-state index contributed by atoms with van der Waals surface area (Å²) in [6.07, 6.45) is 5.79. The number of allylic oxidation sites excluding steroid dienone is 4. The average Bonchev–Trinajstić information content (AvgIpc) is 2.87. The van der Waals surface area contributed by atoms with E-state index in [0.717, 1.165) is 17.7 Å². The summed E-state index contributed by atoms with van der Waals surface area (Å²) in [4.78, 5) is 12.3. The molecule has 1 aromatic rings. The molecule has 106 valence electrons. The van der Waals surface area contributed by atoms with Gasteiger partial charge in [0.25, 0.3) is 0 Å². The lowest BCUT2D eigenvalue weighted by Gasteiger charge is -2.18. The molecule has 0 aliphatic heterocycles. The van der Waals surface area contributed by atoms with Crippen LogP contribution < -0.4 is 4.74 Å². The van der Waals surface area contributed by atoms with E-state index < -0.39 is 0 Å². The molecule has 0 aromatic heterocycles. The van der Waals surface area contributed by atoms with Crippen molar-refractivity contribution >= 4 is 5.78 Å². The third-order valence-corrected chi connectivity index (χ3v) is 3.59. The first kappa shape index (κ1) is 14.6. The zero-order chi connectivity index (χ0) is 14.8. The first-order valence-electron chi connectivity index (χ1n) is 6.97. The molecule has 0 bridgehead atoms. The summed E-state index contributed by atoms with van der Waals surface area (Å²) in [5, 5.41) is 0. The van der Waals surface area contributed by atoms with Crippen molar-refractivity contribution in [2.75, 3.05) is 7.11 Å². The Kier molecular flexibility index (Phi) is 4.12. The minimum Gasteiger partial charge on any atom is -0.497 e. The molecule has 0 radical (unpaired) electrons. The quantitative estimate of drug-likeness (QED) is 0.749. The Morgan fingerprint density at radius 3 is 2.65 bits per heavy atom. The minimum atomic E-state index is 0.152. The van der Waals surface area contributed by atoms with Gasteiger partial charge in [-0.25, -0.2) is 0 Å². The van der Waals surface area contributed by atoms with Crippen LogP contribution in [-0.4, -0.2) is 12.9 Å². The van der Waals surface area contributed by atoms with Crippen molar-refractivity contribution in [3.8, 4) is 5.75 Å². The molecule has 0 unspecified atom stereocenters. The van der Waals surface area contributed by atoms with Gasteiger partial charge in [-0.2, -0.15) is 0 Å². The number of methoxy groups -OCH3 is 1. The van der Waals surface area contributed by atoms with Crippen LogP contribution >= 0.6 is 0 Å². The summed E-state index contributed by atoms with van der Waals surface area (Å²) < 4.78 is 5.16. The Bertz CT molecular complexity index is 571. The van der Waals surface area contributed by atoms with Gasteiger partial charge in [-0.3, -0.25) is 4.79 Å². The topological polar surface area (TPSA) is 26.3 Å². The number of carbonyl (C=O) groups is 1. The maximum Gasteiger partial charge on any atom is 0.167 e. The molecule has 2 nitrogen and oxygen atoms in total. The molecule has 0 atom stereocenters. The van der Waals surface area contributed by atoms with E-state index in [1.165, 1.54) is 11.1 Å². The molecule has 0 N–H and O–H groups in total. The summed E-state index contributed by atoms with van der Waals surface area (Å²) in [5.74, 6) is 0.878. The molecule has 0 spiro atoms. The van der Waals surface area contributed by atoms with E-state index in [2.05, 4.69) is 32.9 Å². The van der Waals surface area contributed by atoms with Gasteiger partial charge in [0.05, 0.1) is 7.11 Å². The van der Waals surface area contributed by atoms with Gasteiger partial charge >= 0.3 is 0 Å². The summed E-state index contributed by atoms with van der Waals surface area (Å²) >= 11 is 0. The Labute approximate surface area is 121 Å². The normalized spacial score (nSPS) is 14.8. The number of rotatable bonds is 4. The monoisotopic (exact) mass is 270 g/mol. The van der Waals surface area contributed by atoms with Crippen molar-refractivity contribution in [2.24, 2.45) is 5.41 Å². The minimum absolute atomic E-state index is 0.152. The van der Waals surface area contributed by atoms with Crippen molar-refractivity contribution in [2.45, 2.75) is 33.6 Å². The molecule has 1 aliphatic carbocycles. The van der Waals surface area contributed by atoms with Gasteiger partial charge < -0.3 is 4.74 Å². The zero-order valence-corrected chi connectivity index (χ0v) is 12.7. The van der Waals surface area contributed by atoms with Gasteiger partial charge in [-0.15, -0.1) is 0 Å². The number of ketones is 1. The number of hydrogen-bond acceptors (Lipinski definition) is 2. The third-order valence-electron chi connectivity index (χ3n) is 3.59. The van der Waals surface area contributed by atoms with Gasteiger partial charge in [-0.1, -0.05) is 50.6 Å². The van der Waals surface area contributed by atoms with Crippen molar-refractivity contribution in [3.05, 3.63) is 53.1 Å². The van der Waals surface area contributed by atoms with Crippen molar-refractivity contribution in [1.29, 1.82) is 0 Å². The van der Waals surface area contributed by atoms with Crippen molar-refractivity contribution < 1.29 is 9.53 Å². The number of hydrogen-bond donors (Lipinski definition) is 0. The summed E-state index contributed by atoms with van der Waals surface area (Å²) in [6.45, 7) is 6.59. The SMILES string of the molecule is COc1cccc(C(=O)CC2=CC(C(C)(C)C)=CC2)c1. The third kappa shape index (κ3) is 3.38. The van der Waals surface area contributed by atoms with E-state index in [9.17, 15) is 4.79 Å². The lowest BCUT2D eigenvalue weighted by molar-refractivity contribution is 0.0992. The van der Waals surface area contributed by atoms with Crippen LogP contribution in [0.15, 0.2) is 47.6 Å². The van der Waals surface area contributed by atoms with Crippen LogP contribution in [0.4, 0.5) is 0 Å². The predicted octanol–water partition coefficient (Wildman–Crippen LogP) is 4.57. The van der Waals surface area contributed by atoms with Crippen LogP contribution in [0.25, 0.3) is 0 Å². The van der Waals surface area contributed by atoms with Crippen LogP contribution in [-0.2, 0) is 0 Å². The van der Waals surface area contributed by atoms with E-state index in [-0.39, 0.29) is 11.2 Å². The fraction of sp³-hybridized carbons (Fsp3) is 0.389. The fourth-order valence-corrected chi connectivity index (χ4v) is 2.33. The summed E-state index contributed by atoms with van der Waals surface area (Å²) in [7, 11) is 1.61. The molecule has 0 saturated heterocycles. The van der Waals surface area contributed by atoms with Crippen molar-refractivity contribution in [3.63, 3.8) is 0 Å². The average molecular weight is 270 g/mol. The van der Waals surface area contributed by atoms with Crippen molar-refractivity contribution in [1.82, 2.24) is 0 Å². The molecule has 1 aromatic carbocycles. The van der Waals surface area contributed by atoms with Gasteiger partial charge in [0, 0.05) is 12.0 Å². The second-order valence-electron chi connectivity index (χ2n) is 6.25. The maximum absolute atomic E-state index is 12.3. The van der Waals surface area contributed by atoms with Crippen LogP contribution in [0.1, 0.15) is 44.0 Å². The van der Waals surface area contributed by atoms with Crippen LogP contribution in [0.3, 0.4) is 0 Å². The highest BCUT2D eigenvalue weighted by Crippen LogP contribution is 2.34. The van der Waals surface area contributed by atoms with E-state index in [1.807, 2.05) is 18.2 Å². The van der Waals surface area contributed by atoms with Gasteiger partial charge in [0.15, 0.2) is 5.78 Å². The second kappa shape index (κ2) is 5.66. The van der Waals surface area contributed by atoms with Gasteiger partial charge in [0.2, 0.25) is 0 Å². The Morgan fingerprint density at radius 1 is 1.30 bits per heavy atom. The molecular formula is C18H22O2. The van der Waals surface area contributed by atoms with Gasteiger partial charge in [-0.05, 0) is 29.5 Å². The maximum atomic E-state index is 12.3. The highest BCUT2D eigenvalue weighted by atomic mass is 16.5. The molecular weight excluding hydrogens is 248 g/mol. The lowest BCUT2D eigenvalue weighted by atomic mass is 9.87. The number of ether oxygens (including phenoxy) is 1. The smallest absolute Gasteiger partial charge is 0.167 e. The summed E-state index contributed by atoms with van der Waals surface area (Å²) in [6, 6.07) is 7.35. The highest BCUT2D eigenvalue weighted by molar-refractivity contribution is 5.98. The Balaban J connectivity index is 2.06.